The highest BCUT2D eigenvalue weighted by Gasteiger charge is 2.57. The Hall–Kier alpha value is -4.76. The first-order valence-electron chi connectivity index (χ1n) is 17.9. The molecule has 5 aliphatic rings. The molecule has 3 saturated heterocycles. The van der Waals surface area contributed by atoms with Crippen molar-refractivity contribution in [3.05, 3.63) is 81.5 Å². The lowest BCUT2D eigenvalue weighted by Crippen LogP contribution is -2.41. The number of nitrogens with one attached hydrogen (secondary N) is 1. The molecule has 2 aliphatic carbocycles. The van der Waals surface area contributed by atoms with Crippen LogP contribution in [0.25, 0.3) is 44.2 Å². The highest BCUT2D eigenvalue weighted by Crippen LogP contribution is 2.57. The molecule has 2 amide bonds. The number of rotatable bonds is 7. The molecule has 270 valence electrons. The number of aryl methyl sites for hydroxylation is 1. The average molecular weight is 753 g/mol. The van der Waals surface area contributed by atoms with Gasteiger partial charge in [-0.2, -0.15) is 5.26 Å². The topological polar surface area (TPSA) is 116 Å². The number of amides is 2. The van der Waals surface area contributed by atoms with Gasteiger partial charge in [-0.15, -0.1) is 0 Å². The zero-order valence-electron chi connectivity index (χ0n) is 29.4. The van der Waals surface area contributed by atoms with E-state index >= 15 is 4.39 Å². The summed E-state index contributed by atoms with van der Waals surface area (Å²) in [5.41, 5.74) is 4.58. The molecular weight excluding hydrogens is 716 g/mol. The molecule has 53 heavy (non-hydrogen) atoms. The number of nitrogens with zero attached hydrogens (tertiary/aromatic N) is 6. The van der Waals surface area contributed by atoms with Gasteiger partial charge >= 0.3 is 6.09 Å². The van der Waals surface area contributed by atoms with E-state index in [4.69, 9.17) is 32.9 Å². The SMILES string of the molecule is COC(=O)N1[C@@H](c2cc3c(-c4ccc(C(=O)N(C)C)nc4)nc4c(F)c(-c5cccc(Cl)c5Cl)c(CCC#N)cc4c3n2[C@H]2[C@H]3CN[C@@H]2C3)C[C@@H]2C[C@@H]21. The van der Waals surface area contributed by atoms with E-state index < -0.39 is 5.82 Å². The van der Waals surface area contributed by atoms with Gasteiger partial charge in [0.15, 0.2) is 5.82 Å². The van der Waals surface area contributed by atoms with Crippen LogP contribution in [-0.2, 0) is 11.2 Å². The van der Waals surface area contributed by atoms with Crippen LogP contribution in [0.15, 0.2) is 48.7 Å². The number of piperidine rings is 1. The van der Waals surface area contributed by atoms with Gasteiger partial charge in [0.05, 0.1) is 46.5 Å². The normalized spacial score (nSPS) is 23.9. The fourth-order valence-electron chi connectivity index (χ4n) is 9.15. The number of hydrogen-bond donors (Lipinski definition) is 1. The fourth-order valence-corrected chi connectivity index (χ4v) is 9.54. The third-order valence-electron chi connectivity index (χ3n) is 11.7. The number of likely N-dealkylation sites (tertiary alicyclic amines) is 1. The number of hydrogen-bond acceptors (Lipinski definition) is 7. The molecule has 5 aromatic rings. The van der Waals surface area contributed by atoms with Gasteiger partial charge in [-0.1, -0.05) is 35.3 Å². The summed E-state index contributed by atoms with van der Waals surface area (Å²) in [6.45, 7) is 0.867. The van der Waals surface area contributed by atoms with Gasteiger partial charge < -0.3 is 19.5 Å². The lowest BCUT2D eigenvalue weighted by atomic mass is 9.79. The highest BCUT2D eigenvalue weighted by atomic mass is 35.5. The molecule has 6 atom stereocenters. The van der Waals surface area contributed by atoms with Crippen LogP contribution in [0, 0.1) is 29.0 Å². The Morgan fingerprint density at radius 3 is 2.62 bits per heavy atom. The highest BCUT2D eigenvalue weighted by molar-refractivity contribution is 6.43. The molecule has 13 heteroatoms. The summed E-state index contributed by atoms with van der Waals surface area (Å²) >= 11 is 13.2. The van der Waals surface area contributed by atoms with Crippen LogP contribution in [0.3, 0.4) is 0 Å². The van der Waals surface area contributed by atoms with Gasteiger partial charge in [-0.25, -0.2) is 14.2 Å². The largest absolute Gasteiger partial charge is 0.453 e. The van der Waals surface area contributed by atoms with Crippen molar-refractivity contribution < 1.29 is 18.7 Å². The molecule has 0 unspecified atom stereocenters. The number of nitriles is 1. The van der Waals surface area contributed by atoms with E-state index in [9.17, 15) is 14.9 Å². The number of aromatic nitrogens is 3. The zero-order chi connectivity index (χ0) is 36.9. The van der Waals surface area contributed by atoms with E-state index in [1.54, 1.807) is 50.6 Å². The number of carbonyl (C=O) groups is 2. The van der Waals surface area contributed by atoms with E-state index in [1.165, 1.54) is 12.0 Å². The summed E-state index contributed by atoms with van der Waals surface area (Å²) in [7, 11) is 4.76. The minimum Gasteiger partial charge on any atom is -0.453 e. The van der Waals surface area contributed by atoms with Crippen molar-refractivity contribution in [2.24, 2.45) is 11.8 Å². The molecule has 5 fully saturated rings. The van der Waals surface area contributed by atoms with Crippen LogP contribution < -0.4 is 5.32 Å². The first-order valence-corrected chi connectivity index (χ1v) is 18.7. The average Bonchev–Trinajstić information content (AvgIpc) is 3.57. The van der Waals surface area contributed by atoms with Crippen molar-refractivity contribution in [1.82, 2.24) is 29.7 Å². The van der Waals surface area contributed by atoms with Gasteiger partial charge in [0, 0.05) is 78.5 Å². The van der Waals surface area contributed by atoms with Crippen molar-refractivity contribution >= 4 is 57.0 Å². The summed E-state index contributed by atoms with van der Waals surface area (Å²) in [5, 5.41) is 15.2. The first-order chi connectivity index (χ1) is 25.6. The van der Waals surface area contributed by atoms with Crippen LogP contribution >= 0.6 is 23.2 Å². The van der Waals surface area contributed by atoms with Crippen LogP contribution in [0.5, 0.6) is 0 Å². The van der Waals surface area contributed by atoms with Crippen molar-refractivity contribution in [3.63, 3.8) is 0 Å². The van der Waals surface area contributed by atoms with Crippen molar-refractivity contribution in [2.75, 3.05) is 27.7 Å². The maximum atomic E-state index is 17.6. The van der Waals surface area contributed by atoms with Gasteiger partial charge in [0.1, 0.15) is 11.2 Å². The fraction of sp³-hybridized carbons (Fsp3) is 0.375. The number of methoxy groups -OCH3 is 1. The van der Waals surface area contributed by atoms with E-state index in [-0.39, 0.29) is 75.8 Å². The molecule has 3 aliphatic heterocycles. The maximum Gasteiger partial charge on any atom is 0.410 e. The second-order valence-electron chi connectivity index (χ2n) is 14.9. The quantitative estimate of drug-likeness (QED) is 0.179. The summed E-state index contributed by atoms with van der Waals surface area (Å²) in [6.07, 6.45) is 4.47. The van der Waals surface area contributed by atoms with E-state index in [0.717, 1.165) is 42.4 Å². The number of halogens is 3. The molecule has 2 saturated carbocycles. The molecule has 0 radical (unpaired) electrons. The third kappa shape index (κ3) is 5.21. The lowest BCUT2D eigenvalue weighted by molar-refractivity contribution is 0.0822. The van der Waals surface area contributed by atoms with Crippen LogP contribution in [-0.4, -0.2) is 76.2 Å². The number of ether oxygens (including phenoxy) is 1. The molecule has 2 aromatic carbocycles. The van der Waals surface area contributed by atoms with E-state index in [1.807, 2.05) is 11.0 Å². The Labute approximate surface area is 315 Å². The molecular formula is C40H36Cl2FN7O3. The third-order valence-corrected chi connectivity index (χ3v) is 12.6. The van der Waals surface area contributed by atoms with Crippen LogP contribution in [0.2, 0.25) is 10.0 Å². The van der Waals surface area contributed by atoms with Crippen molar-refractivity contribution in [3.8, 4) is 28.5 Å². The van der Waals surface area contributed by atoms with Gasteiger partial charge in [0.25, 0.3) is 5.91 Å². The van der Waals surface area contributed by atoms with Gasteiger partial charge in [-0.3, -0.25) is 14.7 Å². The summed E-state index contributed by atoms with van der Waals surface area (Å²) in [4.78, 5) is 39.1. The van der Waals surface area contributed by atoms with E-state index in [2.05, 4.69) is 27.0 Å². The van der Waals surface area contributed by atoms with Gasteiger partial charge in [-0.05, 0) is 73.4 Å². The second-order valence-corrected chi connectivity index (χ2v) is 15.7. The summed E-state index contributed by atoms with van der Waals surface area (Å²) < 4.78 is 25.3. The Bertz CT molecular complexity index is 2390. The zero-order valence-corrected chi connectivity index (χ0v) is 30.9. The minimum atomic E-state index is -0.572. The lowest BCUT2D eigenvalue weighted by Gasteiger charge is -2.39. The Morgan fingerprint density at radius 2 is 1.94 bits per heavy atom. The standard InChI is InChI=1S/C40H36Cl2FN7O3/c1-48(2)39(51)27-10-9-20(17-45-27)35-25-16-31(30-15-21-14-29(21)49(30)40(52)53-3)50(37-22-13-28(37)46-18-22)38(25)24-12-19(6-5-11-44)32(34(43)36(24)47-35)23-7-4-8-26(41)33(23)42/h4,7-10,12,16-17,21-22,28-30,37,46H,5-6,13-15,18H2,1-3H3/t21-,22+,28+,29-,30+,37-/m0/s1. The predicted octanol–water partition coefficient (Wildman–Crippen LogP) is 7.96. The molecule has 6 heterocycles. The Kier molecular flexibility index (Phi) is 8.14. The Morgan fingerprint density at radius 1 is 1.11 bits per heavy atom. The van der Waals surface area contributed by atoms with E-state index in [0.29, 0.717) is 39.6 Å². The number of fused-ring (bicyclic) bond motifs is 5. The van der Waals surface area contributed by atoms with Crippen LogP contribution in [0.4, 0.5) is 9.18 Å². The number of pyridine rings is 2. The molecule has 3 aromatic heterocycles. The minimum absolute atomic E-state index is 0.0725. The van der Waals surface area contributed by atoms with Crippen molar-refractivity contribution in [2.45, 2.75) is 56.3 Å². The maximum absolute atomic E-state index is 17.6. The smallest absolute Gasteiger partial charge is 0.410 e. The van der Waals surface area contributed by atoms with Gasteiger partial charge in [0.2, 0.25) is 0 Å². The molecule has 10 nitrogen and oxygen atoms in total. The number of carbonyl (C=O) groups excluding carboxylic acids is 2. The Balaban J connectivity index is 1.38. The second kappa shape index (κ2) is 12.7. The molecule has 2 bridgehead atoms. The van der Waals surface area contributed by atoms with Crippen LogP contribution in [0.1, 0.15) is 59.5 Å². The first kappa shape index (κ1) is 34.0. The summed E-state index contributed by atoms with van der Waals surface area (Å²) in [5.74, 6) is -0.0650. The summed E-state index contributed by atoms with van der Waals surface area (Å²) in [6, 6.07) is 15.0. The monoisotopic (exact) mass is 751 g/mol. The predicted molar refractivity (Wildman–Crippen MR) is 200 cm³/mol. The molecule has 0 spiro atoms. The van der Waals surface area contributed by atoms with Crippen molar-refractivity contribution in [1.29, 1.82) is 5.26 Å². The number of benzene rings is 2. The molecule has 10 rings (SSSR count). The molecule has 1 N–H and O–H groups in total.